The van der Waals surface area contributed by atoms with Crippen molar-refractivity contribution >= 4 is 5.91 Å². The minimum atomic E-state index is -0.396. The van der Waals surface area contributed by atoms with Gasteiger partial charge in [0.2, 0.25) is 5.91 Å². The summed E-state index contributed by atoms with van der Waals surface area (Å²) in [6, 6.07) is 6.29. The maximum atomic E-state index is 12.7. The van der Waals surface area contributed by atoms with E-state index >= 15 is 0 Å². The molecule has 1 amide bonds. The van der Waals surface area contributed by atoms with Crippen molar-refractivity contribution in [3.8, 4) is 0 Å². The monoisotopic (exact) mass is 252 g/mol. The first kappa shape index (κ1) is 13.0. The lowest BCUT2D eigenvalue weighted by molar-refractivity contribution is -0.134. The maximum absolute atomic E-state index is 12.7. The zero-order chi connectivity index (χ0) is 12.8. The van der Waals surface area contributed by atoms with Gasteiger partial charge in [0, 0.05) is 19.6 Å². The highest BCUT2D eigenvalue weighted by Gasteiger charge is 2.20. The number of nitrogens with one attached hydrogen (secondary N) is 2. The number of hydrogen-bond acceptors (Lipinski definition) is 3. The van der Waals surface area contributed by atoms with Gasteiger partial charge in [-0.05, 0) is 24.1 Å². The molecule has 0 aromatic heterocycles. The first-order valence-corrected chi connectivity index (χ1v) is 6.10. The molecule has 1 atom stereocenters. The SMILES string of the molecule is O=C(NCCc1ccc(F)cc1)[C@H]1CNCCO1. The van der Waals surface area contributed by atoms with Crippen LogP contribution < -0.4 is 10.6 Å². The van der Waals surface area contributed by atoms with Crippen molar-refractivity contribution in [1.82, 2.24) is 10.6 Å². The molecule has 98 valence electrons. The molecule has 1 aromatic carbocycles. The average Bonchev–Trinajstić information content (AvgIpc) is 2.42. The topological polar surface area (TPSA) is 50.4 Å². The van der Waals surface area contributed by atoms with Crippen LogP contribution in [0.3, 0.4) is 0 Å². The number of hydrogen-bond donors (Lipinski definition) is 2. The Morgan fingerprint density at radius 1 is 1.44 bits per heavy atom. The summed E-state index contributed by atoms with van der Waals surface area (Å²) in [5.41, 5.74) is 0.999. The molecule has 5 heteroatoms. The van der Waals surface area contributed by atoms with Gasteiger partial charge in [-0.1, -0.05) is 12.1 Å². The highest BCUT2D eigenvalue weighted by Crippen LogP contribution is 2.03. The van der Waals surface area contributed by atoms with Gasteiger partial charge in [-0.15, -0.1) is 0 Å². The van der Waals surface area contributed by atoms with Gasteiger partial charge < -0.3 is 15.4 Å². The molecule has 0 spiro atoms. The van der Waals surface area contributed by atoms with Crippen LogP contribution in [0.2, 0.25) is 0 Å². The van der Waals surface area contributed by atoms with E-state index in [4.69, 9.17) is 4.74 Å². The van der Waals surface area contributed by atoms with Crippen molar-refractivity contribution in [1.29, 1.82) is 0 Å². The van der Waals surface area contributed by atoms with Gasteiger partial charge in [0.25, 0.3) is 0 Å². The van der Waals surface area contributed by atoms with E-state index in [0.717, 1.165) is 12.1 Å². The second-order valence-electron chi connectivity index (χ2n) is 4.23. The quantitative estimate of drug-likeness (QED) is 0.819. The Labute approximate surface area is 106 Å². The lowest BCUT2D eigenvalue weighted by atomic mass is 10.1. The predicted octanol–water partition coefficient (Wildman–Crippen LogP) is 0.473. The average molecular weight is 252 g/mol. The van der Waals surface area contributed by atoms with E-state index in [1.54, 1.807) is 12.1 Å². The number of ether oxygens (including phenoxy) is 1. The Hall–Kier alpha value is -1.46. The molecule has 0 saturated carbocycles. The fourth-order valence-corrected chi connectivity index (χ4v) is 1.83. The summed E-state index contributed by atoms with van der Waals surface area (Å²) in [7, 11) is 0. The van der Waals surface area contributed by atoms with Gasteiger partial charge in [-0.3, -0.25) is 4.79 Å². The Morgan fingerprint density at radius 2 is 2.22 bits per heavy atom. The molecule has 0 unspecified atom stereocenters. The van der Waals surface area contributed by atoms with Crippen molar-refractivity contribution < 1.29 is 13.9 Å². The van der Waals surface area contributed by atoms with Crippen molar-refractivity contribution in [2.24, 2.45) is 0 Å². The number of carbonyl (C=O) groups excluding carboxylic acids is 1. The fourth-order valence-electron chi connectivity index (χ4n) is 1.83. The molecule has 1 aliphatic rings. The minimum absolute atomic E-state index is 0.0932. The largest absolute Gasteiger partial charge is 0.366 e. The third kappa shape index (κ3) is 3.78. The van der Waals surface area contributed by atoms with E-state index in [1.807, 2.05) is 0 Å². The van der Waals surface area contributed by atoms with Crippen molar-refractivity contribution in [2.75, 3.05) is 26.2 Å². The molecular weight excluding hydrogens is 235 g/mol. The van der Waals surface area contributed by atoms with Crippen LogP contribution in [-0.4, -0.2) is 38.3 Å². The summed E-state index contributed by atoms with van der Waals surface area (Å²) in [6.45, 7) is 2.45. The number of rotatable bonds is 4. The Morgan fingerprint density at radius 3 is 2.89 bits per heavy atom. The summed E-state index contributed by atoms with van der Waals surface area (Å²) in [6.07, 6.45) is 0.290. The summed E-state index contributed by atoms with van der Waals surface area (Å²) in [5, 5.41) is 5.92. The van der Waals surface area contributed by atoms with Crippen LogP contribution in [0.4, 0.5) is 4.39 Å². The van der Waals surface area contributed by atoms with Gasteiger partial charge in [0.1, 0.15) is 11.9 Å². The summed E-state index contributed by atoms with van der Waals surface area (Å²) in [4.78, 5) is 11.7. The van der Waals surface area contributed by atoms with Crippen LogP contribution in [0.1, 0.15) is 5.56 Å². The highest BCUT2D eigenvalue weighted by atomic mass is 19.1. The van der Waals surface area contributed by atoms with E-state index in [0.29, 0.717) is 26.1 Å². The van der Waals surface area contributed by atoms with E-state index in [9.17, 15) is 9.18 Å². The summed E-state index contributed by atoms with van der Waals surface area (Å²) >= 11 is 0. The molecule has 1 aromatic rings. The summed E-state index contributed by atoms with van der Waals surface area (Å²) < 4.78 is 18.0. The second kappa shape index (κ2) is 6.47. The number of morpholine rings is 1. The second-order valence-corrected chi connectivity index (χ2v) is 4.23. The number of benzene rings is 1. The fraction of sp³-hybridized carbons (Fsp3) is 0.462. The third-order valence-electron chi connectivity index (χ3n) is 2.85. The van der Waals surface area contributed by atoms with Crippen LogP contribution in [0, 0.1) is 5.82 Å². The van der Waals surface area contributed by atoms with Crippen molar-refractivity contribution in [2.45, 2.75) is 12.5 Å². The molecule has 0 bridgehead atoms. The number of amides is 1. The predicted molar refractivity (Wildman–Crippen MR) is 65.7 cm³/mol. The van der Waals surface area contributed by atoms with Gasteiger partial charge in [0.15, 0.2) is 0 Å². The van der Waals surface area contributed by atoms with Crippen LogP contribution >= 0.6 is 0 Å². The normalized spacial score (nSPS) is 19.5. The molecule has 1 heterocycles. The molecule has 2 rings (SSSR count). The van der Waals surface area contributed by atoms with Crippen molar-refractivity contribution in [3.05, 3.63) is 35.6 Å². The molecule has 18 heavy (non-hydrogen) atoms. The number of halogens is 1. The third-order valence-corrected chi connectivity index (χ3v) is 2.85. The molecule has 1 fully saturated rings. The molecule has 1 saturated heterocycles. The molecule has 0 radical (unpaired) electrons. The molecular formula is C13H17FN2O2. The number of carbonyl (C=O) groups is 1. The zero-order valence-electron chi connectivity index (χ0n) is 10.1. The van der Waals surface area contributed by atoms with Gasteiger partial charge in [0.05, 0.1) is 6.61 Å². The van der Waals surface area contributed by atoms with Gasteiger partial charge in [-0.25, -0.2) is 4.39 Å². The van der Waals surface area contributed by atoms with Crippen LogP contribution in [0.15, 0.2) is 24.3 Å². The lowest BCUT2D eigenvalue weighted by Crippen LogP contribution is -2.48. The Balaban J connectivity index is 1.71. The Kier molecular flexibility index (Phi) is 4.66. The van der Waals surface area contributed by atoms with Crippen molar-refractivity contribution in [3.63, 3.8) is 0 Å². The standard InChI is InChI=1S/C13H17FN2O2/c14-11-3-1-10(2-4-11)5-6-16-13(17)12-9-15-7-8-18-12/h1-4,12,15H,5-9H2,(H,16,17)/t12-/m1/s1. The van der Waals surface area contributed by atoms with Gasteiger partial charge >= 0.3 is 0 Å². The van der Waals surface area contributed by atoms with Gasteiger partial charge in [-0.2, -0.15) is 0 Å². The Bertz CT molecular complexity index is 388. The first-order valence-electron chi connectivity index (χ1n) is 6.10. The molecule has 4 nitrogen and oxygen atoms in total. The maximum Gasteiger partial charge on any atom is 0.250 e. The van der Waals surface area contributed by atoms with Crippen LogP contribution in [-0.2, 0) is 16.0 Å². The van der Waals surface area contributed by atoms with E-state index in [1.165, 1.54) is 12.1 Å². The highest BCUT2D eigenvalue weighted by molar-refractivity contribution is 5.81. The first-order chi connectivity index (χ1) is 8.75. The molecule has 1 aliphatic heterocycles. The van der Waals surface area contributed by atoms with E-state index in [2.05, 4.69) is 10.6 Å². The van der Waals surface area contributed by atoms with Crippen LogP contribution in [0.5, 0.6) is 0 Å². The minimum Gasteiger partial charge on any atom is -0.366 e. The molecule has 0 aliphatic carbocycles. The lowest BCUT2D eigenvalue weighted by Gasteiger charge is -2.22. The van der Waals surface area contributed by atoms with E-state index in [-0.39, 0.29) is 11.7 Å². The zero-order valence-corrected chi connectivity index (χ0v) is 10.1. The van der Waals surface area contributed by atoms with Crippen LogP contribution in [0.25, 0.3) is 0 Å². The molecule has 2 N–H and O–H groups in total. The summed E-state index contributed by atoms with van der Waals surface area (Å²) in [5.74, 6) is -0.339. The van der Waals surface area contributed by atoms with E-state index < -0.39 is 6.10 Å². The smallest absolute Gasteiger partial charge is 0.250 e.